The molecule has 0 aliphatic carbocycles. The predicted octanol–water partition coefficient (Wildman–Crippen LogP) is 0.790. The van der Waals surface area contributed by atoms with E-state index >= 15 is 0 Å². The van der Waals surface area contributed by atoms with Gasteiger partial charge in [0, 0.05) is 6.54 Å². The van der Waals surface area contributed by atoms with Gasteiger partial charge in [0.2, 0.25) is 0 Å². The van der Waals surface area contributed by atoms with E-state index in [-0.39, 0.29) is 12.2 Å². The summed E-state index contributed by atoms with van der Waals surface area (Å²) in [4.78, 5) is 10.6. The Bertz CT molecular complexity index is 530. The van der Waals surface area contributed by atoms with Gasteiger partial charge in [-0.05, 0) is 18.2 Å². The van der Waals surface area contributed by atoms with E-state index in [1.165, 1.54) is 0 Å². The molecule has 0 spiro atoms. The quantitative estimate of drug-likeness (QED) is 0.731. The molecule has 0 fully saturated rings. The first-order chi connectivity index (χ1) is 7.85. The van der Waals surface area contributed by atoms with Gasteiger partial charge >= 0.3 is 5.97 Å². The van der Waals surface area contributed by atoms with Gasteiger partial charge in [0.25, 0.3) is 10.2 Å². The zero-order valence-electron chi connectivity index (χ0n) is 8.90. The molecule has 0 aliphatic rings. The summed E-state index contributed by atoms with van der Waals surface area (Å²) in [5.74, 6) is -2.39. The standard InChI is InChI=1S/C9H11FN2O4S/c1-2-11-17(15,16)12-6-3-4-8(10)7(5-6)9(13)14/h3-5,11-12H,2H2,1H3,(H,13,14). The van der Waals surface area contributed by atoms with Crippen LogP contribution >= 0.6 is 0 Å². The highest BCUT2D eigenvalue weighted by molar-refractivity contribution is 7.90. The van der Waals surface area contributed by atoms with Crippen LogP contribution in [0.5, 0.6) is 0 Å². The zero-order valence-corrected chi connectivity index (χ0v) is 9.71. The predicted molar refractivity (Wildman–Crippen MR) is 59.6 cm³/mol. The topological polar surface area (TPSA) is 95.5 Å². The fourth-order valence-corrected chi connectivity index (χ4v) is 2.02. The number of hydrogen-bond donors (Lipinski definition) is 3. The van der Waals surface area contributed by atoms with E-state index in [0.717, 1.165) is 18.2 Å². The molecule has 0 aromatic heterocycles. The van der Waals surface area contributed by atoms with E-state index < -0.39 is 27.6 Å². The van der Waals surface area contributed by atoms with E-state index in [9.17, 15) is 17.6 Å². The molecule has 0 atom stereocenters. The summed E-state index contributed by atoms with van der Waals surface area (Å²) in [5.41, 5.74) is -0.619. The van der Waals surface area contributed by atoms with Crippen molar-refractivity contribution >= 4 is 21.9 Å². The third-order valence-electron chi connectivity index (χ3n) is 1.78. The first-order valence-electron chi connectivity index (χ1n) is 4.66. The van der Waals surface area contributed by atoms with Crippen LogP contribution in [0.2, 0.25) is 0 Å². The van der Waals surface area contributed by atoms with Gasteiger partial charge in [-0.3, -0.25) is 4.72 Å². The van der Waals surface area contributed by atoms with Gasteiger partial charge in [-0.25, -0.2) is 9.18 Å². The van der Waals surface area contributed by atoms with E-state index in [4.69, 9.17) is 5.11 Å². The number of halogens is 1. The van der Waals surface area contributed by atoms with Crippen LogP contribution < -0.4 is 9.44 Å². The molecule has 8 heteroatoms. The van der Waals surface area contributed by atoms with Crippen LogP contribution in [0, 0.1) is 5.82 Å². The van der Waals surface area contributed by atoms with E-state index in [1.807, 2.05) is 0 Å². The van der Waals surface area contributed by atoms with Crippen molar-refractivity contribution in [2.24, 2.45) is 0 Å². The van der Waals surface area contributed by atoms with Crippen molar-refractivity contribution in [3.05, 3.63) is 29.6 Å². The largest absolute Gasteiger partial charge is 0.478 e. The van der Waals surface area contributed by atoms with Gasteiger partial charge in [0.15, 0.2) is 0 Å². The molecule has 0 aliphatic heterocycles. The van der Waals surface area contributed by atoms with Crippen molar-refractivity contribution in [3.8, 4) is 0 Å². The normalized spacial score (nSPS) is 11.2. The summed E-state index contributed by atoms with van der Waals surface area (Å²) in [6.45, 7) is 1.77. The van der Waals surface area contributed by atoms with E-state index in [2.05, 4.69) is 9.44 Å². The SMILES string of the molecule is CCNS(=O)(=O)Nc1ccc(F)c(C(=O)O)c1. The minimum Gasteiger partial charge on any atom is -0.478 e. The maximum atomic E-state index is 13.0. The summed E-state index contributed by atoms with van der Waals surface area (Å²) in [7, 11) is -3.76. The second-order valence-corrected chi connectivity index (χ2v) is 4.60. The lowest BCUT2D eigenvalue weighted by Gasteiger charge is -2.08. The third-order valence-corrected chi connectivity index (χ3v) is 2.96. The van der Waals surface area contributed by atoms with Crippen LogP contribution in [0.3, 0.4) is 0 Å². The number of hydrogen-bond acceptors (Lipinski definition) is 3. The first-order valence-corrected chi connectivity index (χ1v) is 6.14. The molecule has 0 unspecified atom stereocenters. The number of benzene rings is 1. The summed E-state index contributed by atoms with van der Waals surface area (Å²) < 4.78 is 39.9. The molecule has 0 bridgehead atoms. The van der Waals surface area contributed by atoms with Crippen LogP contribution in [0.25, 0.3) is 0 Å². The molecule has 6 nitrogen and oxygen atoms in total. The number of carbonyl (C=O) groups is 1. The maximum Gasteiger partial charge on any atom is 0.338 e. The fourth-order valence-electron chi connectivity index (χ4n) is 1.13. The van der Waals surface area contributed by atoms with Crippen molar-refractivity contribution in [2.45, 2.75) is 6.92 Å². The second kappa shape index (κ2) is 5.11. The van der Waals surface area contributed by atoms with Crippen molar-refractivity contribution < 1.29 is 22.7 Å². The molecule has 1 aromatic rings. The zero-order chi connectivity index (χ0) is 13.1. The minimum atomic E-state index is -3.76. The Morgan fingerprint density at radius 2 is 2.12 bits per heavy atom. The molecular formula is C9H11FN2O4S. The lowest BCUT2D eigenvalue weighted by molar-refractivity contribution is 0.0692. The van der Waals surface area contributed by atoms with Crippen LogP contribution in [0.1, 0.15) is 17.3 Å². The minimum absolute atomic E-state index is 0.0234. The van der Waals surface area contributed by atoms with Gasteiger partial charge in [0.1, 0.15) is 5.82 Å². The third kappa shape index (κ3) is 3.68. The molecule has 94 valence electrons. The van der Waals surface area contributed by atoms with Gasteiger partial charge < -0.3 is 5.11 Å². The maximum absolute atomic E-state index is 13.0. The molecule has 0 amide bonds. The Labute approximate surface area is 97.6 Å². The van der Waals surface area contributed by atoms with E-state index in [1.54, 1.807) is 6.92 Å². The average molecular weight is 262 g/mol. The molecule has 0 radical (unpaired) electrons. The molecule has 0 heterocycles. The Kier molecular flexibility index (Phi) is 4.02. The lowest BCUT2D eigenvalue weighted by Crippen LogP contribution is -2.29. The van der Waals surface area contributed by atoms with Gasteiger partial charge in [-0.1, -0.05) is 6.92 Å². The molecule has 0 saturated heterocycles. The van der Waals surface area contributed by atoms with Crippen molar-refractivity contribution in [2.75, 3.05) is 11.3 Å². The fraction of sp³-hybridized carbons (Fsp3) is 0.222. The number of anilines is 1. The summed E-state index contributed by atoms with van der Waals surface area (Å²) in [5, 5.41) is 8.66. The average Bonchev–Trinajstić information content (AvgIpc) is 2.20. The van der Waals surface area contributed by atoms with E-state index in [0.29, 0.717) is 0 Å². The number of carboxylic acid groups (broad SMARTS) is 1. The van der Waals surface area contributed by atoms with Crippen LogP contribution in [0.15, 0.2) is 18.2 Å². The van der Waals surface area contributed by atoms with Crippen molar-refractivity contribution in [1.29, 1.82) is 0 Å². The molecule has 1 rings (SSSR count). The molecule has 0 saturated carbocycles. The van der Waals surface area contributed by atoms with Gasteiger partial charge in [-0.15, -0.1) is 0 Å². The number of aromatic carboxylic acids is 1. The molecule has 1 aromatic carbocycles. The molecule has 17 heavy (non-hydrogen) atoms. The van der Waals surface area contributed by atoms with Crippen LogP contribution in [-0.2, 0) is 10.2 Å². The monoisotopic (exact) mass is 262 g/mol. The van der Waals surface area contributed by atoms with Crippen LogP contribution in [0.4, 0.5) is 10.1 Å². The Morgan fingerprint density at radius 3 is 2.65 bits per heavy atom. The highest BCUT2D eigenvalue weighted by Gasteiger charge is 2.13. The Hall–Kier alpha value is -1.67. The Morgan fingerprint density at radius 1 is 1.47 bits per heavy atom. The summed E-state index contributed by atoms with van der Waals surface area (Å²) in [6.07, 6.45) is 0. The highest BCUT2D eigenvalue weighted by Crippen LogP contribution is 2.15. The molecular weight excluding hydrogens is 251 g/mol. The van der Waals surface area contributed by atoms with Crippen molar-refractivity contribution in [3.63, 3.8) is 0 Å². The number of nitrogens with one attached hydrogen (secondary N) is 2. The van der Waals surface area contributed by atoms with Crippen molar-refractivity contribution in [1.82, 2.24) is 4.72 Å². The number of carboxylic acids is 1. The Balaban J connectivity index is 3.02. The van der Waals surface area contributed by atoms with Gasteiger partial charge in [0.05, 0.1) is 11.3 Å². The highest BCUT2D eigenvalue weighted by atomic mass is 32.2. The first kappa shape index (κ1) is 13.4. The second-order valence-electron chi connectivity index (χ2n) is 3.10. The number of rotatable bonds is 5. The van der Waals surface area contributed by atoms with Crippen LogP contribution in [-0.4, -0.2) is 26.0 Å². The summed E-state index contributed by atoms with van der Waals surface area (Å²) in [6, 6.07) is 2.93. The van der Waals surface area contributed by atoms with Gasteiger partial charge in [-0.2, -0.15) is 13.1 Å². The summed E-state index contributed by atoms with van der Waals surface area (Å²) >= 11 is 0. The molecule has 3 N–H and O–H groups in total. The lowest BCUT2D eigenvalue weighted by atomic mass is 10.2. The smallest absolute Gasteiger partial charge is 0.338 e.